The second kappa shape index (κ2) is 5.48. The van der Waals surface area contributed by atoms with Gasteiger partial charge >= 0.3 is 0 Å². The lowest BCUT2D eigenvalue weighted by molar-refractivity contribution is 0.444. The second-order valence-electron chi connectivity index (χ2n) is 6.38. The van der Waals surface area contributed by atoms with E-state index in [0.717, 1.165) is 28.4 Å². The van der Waals surface area contributed by atoms with Crippen LogP contribution in [0, 0.1) is 13.8 Å². The first-order valence-corrected chi connectivity index (χ1v) is 7.12. The van der Waals surface area contributed by atoms with E-state index in [1.54, 1.807) is 0 Å². The number of hydrogen-bond acceptors (Lipinski definition) is 4. The maximum absolute atomic E-state index is 5.99. The van der Waals surface area contributed by atoms with E-state index < -0.39 is 0 Å². The molecule has 2 heterocycles. The van der Waals surface area contributed by atoms with Crippen LogP contribution in [0.1, 0.15) is 43.4 Å². The van der Waals surface area contributed by atoms with Gasteiger partial charge in [-0.05, 0) is 25.5 Å². The van der Waals surface area contributed by atoms with Crippen molar-refractivity contribution in [1.29, 1.82) is 0 Å². The second-order valence-corrected chi connectivity index (χ2v) is 6.38. The molecule has 0 fully saturated rings. The van der Waals surface area contributed by atoms with Gasteiger partial charge in [0.25, 0.3) is 0 Å². The molecule has 0 aliphatic carbocycles. The SMILES string of the molecule is Cc1nn(C)c(C)c1Oc1cc(CN)cc(C(C)(C)C)n1. The van der Waals surface area contributed by atoms with Crippen LogP contribution in [0.5, 0.6) is 11.6 Å². The van der Waals surface area contributed by atoms with E-state index in [4.69, 9.17) is 10.5 Å². The predicted octanol–water partition coefficient (Wildman–Crippen LogP) is 2.98. The van der Waals surface area contributed by atoms with Crippen LogP contribution in [0.2, 0.25) is 0 Å². The summed E-state index contributed by atoms with van der Waals surface area (Å²) in [5.74, 6) is 1.33. The lowest BCUT2D eigenvalue weighted by Gasteiger charge is -2.19. The van der Waals surface area contributed by atoms with Gasteiger partial charge in [0.2, 0.25) is 5.88 Å². The number of hydrogen-bond donors (Lipinski definition) is 1. The first kappa shape index (κ1) is 15.5. The fraction of sp³-hybridized carbons (Fsp3) is 0.500. The minimum atomic E-state index is -0.0533. The van der Waals surface area contributed by atoms with Crippen molar-refractivity contribution in [3.05, 3.63) is 34.8 Å². The van der Waals surface area contributed by atoms with Crippen LogP contribution in [-0.2, 0) is 19.0 Å². The molecular formula is C16H24N4O. The van der Waals surface area contributed by atoms with Crippen LogP contribution in [0.4, 0.5) is 0 Å². The summed E-state index contributed by atoms with van der Waals surface area (Å²) in [7, 11) is 1.90. The van der Waals surface area contributed by atoms with Gasteiger partial charge in [-0.15, -0.1) is 0 Å². The van der Waals surface area contributed by atoms with Crippen LogP contribution in [0.15, 0.2) is 12.1 Å². The van der Waals surface area contributed by atoms with Crippen LogP contribution in [0.3, 0.4) is 0 Å². The molecule has 2 aromatic rings. The molecule has 5 heteroatoms. The average molecular weight is 288 g/mol. The van der Waals surface area contributed by atoms with Crippen LogP contribution in [0.25, 0.3) is 0 Å². The predicted molar refractivity (Wildman–Crippen MR) is 83.6 cm³/mol. The normalized spacial score (nSPS) is 11.8. The van der Waals surface area contributed by atoms with E-state index in [1.165, 1.54) is 0 Å². The van der Waals surface area contributed by atoms with Crippen LogP contribution in [-0.4, -0.2) is 14.8 Å². The number of aryl methyl sites for hydroxylation is 2. The monoisotopic (exact) mass is 288 g/mol. The molecule has 0 saturated heterocycles. The Morgan fingerprint density at radius 1 is 1.24 bits per heavy atom. The fourth-order valence-corrected chi connectivity index (χ4v) is 2.12. The Labute approximate surface area is 126 Å². The van der Waals surface area contributed by atoms with Crippen molar-refractivity contribution in [3.63, 3.8) is 0 Å². The standard InChI is InChI=1S/C16H24N4O/c1-10-15(11(2)20(6)19-10)21-14-8-12(9-17)7-13(18-14)16(3,4)5/h7-8H,9,17H2,1-6H3. The Morgan fingerprint density at radius 2 is 1.90 bits per heavy atom. The van der Waals surface area contributed by atoms with E-state index >= 15 is 0 Å². The van der Waals surface area contributed by atoms with E-state index in [1.807, 2.05) is 37.7 Å². The van der Waals surface area contributed by atoms with Gasteiger partial charge in [-0.1, -0.05) is 20.8 Å². The zero-order chi connectivity index (χ0) is 15.8. The van der Waals surface area contributed by atoms with E-state index in [0.29, 0.717) is 12.4 Å². The highest BCUT2D eigenvalue weighted by atomic mass is 16.5. The van der Waals surface area contributed by atoms with Gasteiger partial charge in [-0.2, -0.15) is 5.10 Å². The van der Waals surface area contributed by atoms with Crippen molar-refractivity contribution >= 4 is 0 Å². The number of nitrogens with zero attached hydrogens (tertiary/aromatic N) is 3. The molecule has 0 aliphatic heterocycles. The molecule has 0 amide bonds. The third kappa shape index (κ3) is 3.24. The van der Waals surface area contributed by atoms with Gasteiger partial charge < -0.3 is 10.5 Å². The van der Waals surface area contributed by atoms with Gasteiger partial charge in [-0.25, -0.2) is 4.98 Å². The first-order chi connectivity index (χ1) is 9.72. The molecule has 21 heavy (non-hydrogen) atoms. The maximum Gasteiger partial charge on any atom is 0.219 e. The molecule has 0 saturated carbocycles. The molecule has 2 N–H and O–H groups in total. The summed E-state index contributed by atoms with van der Waals surface area (Å²) in [6, 6.07) is 3.93. The summed E-state index contributed by atoms with van der Waals surface area (Å²) < 4.78 is 7.80. The average Bonchev–Trinajstić information content (AvgIpc) is 2.64. The zero-order valence-electron chi connectivity index (χ0n) is 13.7. The van der Waals surface area contributed by atoms with Crippen molar-refractivity contribution < 1.29 is 4.74 Å². The van der Waals surface area contributed by atoms with Crippen molar-refractivity contribution in [2.24, 2.45) is 12.8 Å². The number of pyridine rings is 1. The molecule has 0 bridgehead atoms. The van der Waals surface area contributed by atoms with Crippen molar-refractivity contribution in [2.75, 3.05) is 0 Å². The summed E-state index contributed by atoms with van der Waals surface area (Å²) in [5.41, 5.74) is 9.56. The Balaban J connectivity index is 2.44. The highest BCUT2D eigenvalue weighted by Gasteiger charge is 2.19. The third-order valence-electron chi connectivity index (χ3n) is 3.52. The summed E-state index contributed by atoms with van der Waals surface area (Å²) in [6.45, 7) is 10.7. The van der Waals surface area contributed by atoms with Gasteiger partial charge in [0.1, 0.15) is 5.69 Å². The molecule has 0 radical (unpaired) electrons. The molecule has 0 unspecified atom stereocenters. The van der Waals surface area contributed by atoms with E-state index in [2.05, 4.69) is 30.9 Å². The molecular weight excluding hydrogens is 264 g/mol. The van der Waals surface area contributed by atoms with Gasteiger partial charge in [0.15, 0.2) is 5.75 Å². The summed E-state index contributed by atoms with van der Waals surface area (Å²) >= 11 is 0. The number of ether oxygens (including phenoxy) is 1. The fourth-order valence-electron chi connectivity index (χ4n) is 2.12. The first-order valence-electron chi connectivity index (χ1n) is 7.12. The van der Waals surface area contributed by atoms with Gasteiger partial charge in [0, 0.05) is 25.1 Å². The summed E-state index contributed by atoms with van der Waals surface area (Å²) in [5, 5.41) is 4.36. The number of aromatic nitrogens is 3. The van der Waals surface area contributed by atoms with Crippen LogP contribution >= 0.6 is 0 Å². The smallest absolute Gasteiger partial charge is 0.219 e. The third-order valence-corrected chi connectivity index (χ3v) is 3.52. The van der Waals surface area contributed by atoms with Crippen LogP contribution < -0.4 is 10.5 Å². The molecule has 0 aromatic carbocycles. The molecule has 0 atom stereocenters. The van der Waals surface area contributed by atoms with Crippen molar-refractivity contribution in [3.8, 4) is 11.6 Å². The highest BCUT2D eigenvalue weighted by Crippen LogP contribution is 2.30. The number of rotatable bonds is 3. The van der Waals surface area contributed by atoms with Gasteiger partial charge in [-0.3, -0.25) is 4.68 Å². The number of nitrogens with two attached hydrogens (primary N) is 1. The maximum atomic E-state index is 5.99. The molecule has 114 valence electrons. The van der Waals surface area contributed by atoms with E-state index in [-0.39, 0.29) is 5.41 Å². The minimum Gasteiger partial charge on any atom is -0.435 e. The highest BCUT2D eigenvalue weighted by molar-refractivity contribution is 5.37. The van der Waals surface area contributed by atoms with Crippen molar-refractivity contribution in [1.82, 2.24) is 14.8 Å². The minimum absolute atomic E-state index is 0.0533. The lowest BCUT2D eigenvalue weighted by atomic mass is 9.91. The molecule has 0 spiro atoms. The Morgan fingerprint density at radius 3 is 2.38 bits per heavy atom. The van der Waals surface area contributed by atoms with Crippen molar-refractivity contribution in [2.45, 2.75) is 46.6 Å². The Bertz CT molecular complexity index is 653. The molecule has 5 nitrogen and oxygen atoms in total. The Kier molecular flexibility index (Phi) is 4.05. The topological polar surface area (TPSA) is 66.0 Å². The molecule has 0 aliphatic rings. The molecule has 2 aromatic heterocycles. The quantitative estimate of drug-likeness (QED) is 0.943. The van der Waals surface area contributed by atoms with E-state index in [9.17, 15) is 0 Å². The summed E-state index contributed by atoms with van der Waals surface area (Å²) in [6.07, 6.45) is 0. The Hall–Kier alpha value is -1.88. The zero-order valence-corrected chi connectivity index (χ0v) is 13.7. The lowest BCUT2D eigenvalue weighted by Crippen LogP contribution is -2.15. The molecule has 2 rings (SSSR count). The van der Waals surface area contributed by atoms with Gasteiger partial charge in [0.05, 0.1) is 11.4 Å². The largest absolute Gasteiger partial charge is 0.435 e. The summed E-state index contributed by atoms with van der Waals surface area (Å²) in [4.78, 5) is 4.62.